The van der Waals surface area contributed by atoms with Crippen LogP contribution in [0.5, 0.6) is 0 Å². The fraction of sp³-hybridized carbons (Fsp3) is 0.125. The summed E-state index contributed by atoms with van der Waals surface area (Å²) in [5, 5.41) is 0. The Kier molecular flexibility index (Phi) is 1.83. The quantitative estimate of drug-likeness (QED) is 0.485. The Bertz CT molecular complexity index is 201. The molecule has 43 valence electrons. The molecule has 0 amide bonds. The van der Waals surface area contributed by atoms with Gasteiger partial charge in [0.1, 0.15) is 0 Å². The van der Waals surface area contributed by atoms with Gasteiger partial charge in [0.25, 0.3) is 0 Å². The Morgan fingerprint density at radius 3 is 2.11 bits per heavy atom. The van der Waals surface area contributed by atoms with E-state index in [4.69, 9.17) is 7.49 Å². The van der Waals surface area contributed by atoms with Crippen molar-refractivity contribution in [2.45, 2.75) is 6.92 Å². The van der Waals surface area contributed by atoms with Crippen LogP contribution in [0, 0.1) is 0 Å². The molecule has 0 atom stereocenters. The molecule has 0 nitrogen and oxygen atoms in total. The Balaban J connectivity index is 2.98. The van der Waals surface area contributed by atoms with Gasteiger partial charge in [-0.1, -0.05) is 0 Å². The molecule has 0 saturated heterocycles. The third-order valence-corrected chi connectivity index (χ3v) is 1.23. The normalized spacial score (nSPS) is 8.89. The summed E-state index contributed by atoms with van der Waals surface area (Å²) in [4.78, 5) is 0. The zero-order valence-corrected chi connectivity index (χ0v) is 5.46. The summed E-state index contributed by atoms with van der Waals surface area (Å²) in [6, 6.07) is 9.93. The molecule has 1 aromatic rings. The van der Waals surface area contributed by atoms with Crippen molar-refractivity contribution in [1.82, 2.24) is 0 Å². The van der Waals surface area contributed by atoms with Crippen molar-refractivity contribution in [2.24, 2.45) is 0 Å². The number of benzene rings is 1. The summed E-state index contributed by atoms with van der Waals surface area (Å²) in [5.74, 6) is 0. The average Bonchev–Trinajstić information content (AvgIpc) is 1.90. The summed E-state index contributed by atoms with van der Waals surface area (Å²) < 4.78 is 0. The summed E-state index contributed by atoms with van der Waals surface area (Å²) in [6.45, 7) is 1.90. The number of rotatable bonds is 1. The van der Waals surface area contributed by atoms with Crippen LogP contribution < -0.4 is 0 Å². The first-order chi connectivity index (χ1) is 4.30. The van der Waals surface area contributed by atoms with E-state index >= 15 is 0 Å². The molecule has 0 aliphatic heterocycles. The zero-order chi connectivity index (χ0) is 6.69. The van der Waals surface area contributed by atoms with E-state index in [1.54, 1.807) is 0 Å². The van der Waals surface area contributed by atoms with Crippen molar-refractivity contribution < 1.29 is 0 Å². The van der Waals surface area contributed by atoms with Gasteiger partial charge in [0.05, 0.1) is 0 Å². The summed E-state index contributed by atoms with van der Waals surface area (Å²) in [6.07, 6.45) is 0. The van der Waals surface area contributed by atoms with Crippen LogP contribution in [0.3, 0.4) is 0 Å². The zero-order valence-electron chi connectivity index (χ0n) is 5.46. The SMILES string of the molecule is [B]=C(C)c1ccccc1. The van der Waals surface area contributed by atoms with E-state index in [-0.39, 0.29) is 0 Å². The van der Waals surface area contributed by atoms with Gasteiger partial charge in [-0.25, -0.2) is 0 Å². The molecular weight excluding hydrogens is 107 g/mol. The Morgan fingerprint density at radius 1 is 1.22 bits per heavy atom. The fourth-order valence-electron chi connectivity index (χ4n) is 0.701. The standard InChI is InChI=1S/C8H8B/c1-7(9)8-5-3-2-4-6-8/h2-6H,1H3. The molecule has 1 aromatic carbocycles. The van der Waals surface area contributed by atoms with Crippen molar-refractivity contribution in [1.29, 1.82) is 0 Å². The molecule has 0 heterocycles. The Labute approximate surface area is 56.6 Å². The van der Waals surface area contributed by atoms with Crippen molar-refractivity contribution in [3.05, 3.63) is 35.9 Å². The van der Waals surface area contributed by atoms with E-state index in [1.165, 1.54) is 0 Å². The molecule has 1 rings (SSSR count). The van der Waals surface area contributed by atoms with Crippen molar-refractivity contribution >= 4 is 13.0 Å². The molecule has 1 radical (unpaired) electrons. The maximum absolute atomic E-state index is 5.53. The molecule has 9 heavy (non-hydrogen) atoms. The summed E-state index contributed by atoms with van der Waals surface area (Å²) in [7, 11) is 5.53. The molecule has 0 aliphatic rings. The van der Waals surface area contributed by atoms with Gasteiger partial charge in [0.2, 0.25) is 0 Å². The van der Waals surface area contributed by atoms with Crippen LogP contribution in [0.2, 0.25) is 0 Å². The Hall–Kier alpha value is -0.845. The second-order valence-electron chi connectivity index (χ2n) is 2.05. The van der Waals surface area contributed by atoms with Crippen LogP contribution in [0.1, 0.15) is 12.5 Å². The van der Waals surface area contributed by atoms with Crippen LogP contribution in [0.25, 0.3) is 0 Å². The molecule has 0 unspecified atom stereocenters. The third-order valence-electron chi connectivity index (χ3n) is 1.23. The van der Waals surface area contributed by atoms with Crippen LogP contribution >= 0.6 is 0 Å². The van der Waals surface area contributed by atoms with E-state index in [9.17, 15) is 0 Å². The molecule has 0 aromatic heterocycles. The van der Waals surface area contributed by atoms with E-state index in [0.29, 0.717) is 0 Å². The first kappa shape index (κ1) is 6.28. The van der Waals surface area contributed by atoms with Gasteiger partial charge in [-0.15, -0.1) is 0 Å². The third kappa shape index (κ3) is 1.53. The predicted molar refractivity (Wildman–Crippen MR) is 42.0 cm³/mol. The topological polar surface area (TPSA) is 0 Å². The second kappa shape index (κ2) is 2.63. The van der Waals surface area contributed by atoms with Gasteiger partial charge in [-0.05, 0) is 0 Å². The molecule has 0 bridgehead atoms. The first-order valence-corrected chi connectivity index (χ1v) is 2.95. The first-order valence-electron chi connectivity index (χ1n) is 2.95. The van der Waals surface area contributed by atoms with Gasteiger partial charge < -0.3 is 0 Å². The van der Waals surface area contributed by atoms with Crippen molar-refractivity contribution in [3.8, 4) is 0 Å². The van der Waals surface area contributed by atoms with Gasteiger partial charge in [-0.2, -0.15) is 0 Å². The minimum absolute atomic E-state index is 0.871. The van der Waals surface area contributed by atoms with Crippen LogP contribution in [-0.2, 0) is 0 Å². The van der Waals surface area contributed by atoms with Gasteiger partial charge in [0, 0.05) is 0 Å². The summed E-state index contributed by atoms with van der Waals surface area (Å²) >= 11 is 0. The molecule has 1 heteroatoms. The second-order valence-corrected chi connectivity index (χ2v) is 2.05. The fourth-order valence-corrected chi connectivity index (χ4v) is 0.701. The minimum atomic E-state index is 0.871. The number of hydrogen-bond acceptors (Lipinski definition) is 0. The van der Waals surface area contributed by atoms with E-state index in [0.717, 1.165) is 11.0 Å². The molecule has 0 N–H and O–H groups in total. The van der Waals surface area contributed by atoms with Gasteiger partial charge in [-0.3, -0.25) is 0 Å². The monoisotopic (exact) mass is 115 g/mol. The van der Waals surface area contributed by atoms with Crippen LogP contribution in [-0.4, -0.2) is 13.0 Å². The molecule has 0 spiro atoms. The van der Waals surface area contributed by atoms with Crippen molar-refractivity contribution in [3.63, 3.8) is 0 Å². The van der Waals surface area contributed by atoms with Gasteiger partial charge >= 0.3 is 55.8 Å². The molecule has 0 saturated carbocycles. The van der Waals surface area contributed by atoms with Crippen LogP contribution in [0.15, 0.2) is 30.3 Å². The molecular formula is C8H8B. The van der Waals surface area contributed by atoms with E-state index in [2.05, 4.69) is 0 Å². The van der Waals surface area contributed by atoms with Crippen molar-refractivity contribution in [2.75, 3.05) is 0 Å². The van der Waals surface area contributed by atoms with Gasteiger partial charge in [0.15, 0.2) is 0 Å². The Morgan fingerprint density at radius 2 is 1.78 bits per heavy atom. The number of hydrogen-bond donors (Lipinski definition) is 0. The molecule has 0 aliphatic carbocycles. The van der Waals surface area contributed by atoms with Crippen LogP contribution in [0.4, 0.5) is 0 Å². The summed E-state index contributed by atoms with van der Waals surface area (Å²) in [5.41, 5.74) is 1.98. The van der Waals surface area contributed by atoms with E-state index in [1.807, 2.05) is 37.3 Å². The maximum atomic E-state index is 5.53. The predicted octanol–water partition coefficient (Wildman–Crippen LogP) is 1.40. The molecule has 0 fully saturated rings. The average molecular weight is 115 g/mol. The van der Waals surface area contributed by atoms with E-state index < -0.39 is 0 Å².